The molecule has 0 saturated carbocycles. The van der Waals surface area contributed by atoms with E-state index in [1.807, 2.05) is 19.1 Å². The molecule has 0 amide bonds. The number of benzene rings is 3. The first kappa shape index (κ1) is 34.7. The molecule has 0 bridgehead atoms. The Labute approximate surface area is 288 Å². The van der Waals surface area contributed by atoms with E-state index < -0.39 is 10.0 Å². The van der Waals surface area contributed by atoms with Gasteiger partial charge in [-0.05, 0) is 118 Å². The van der Waals surface area contributed by atoms with Gasteiger partial charge in [-0.2, -0.15) is 4.31 Å². The number of carbonyl (C=O) groups is 1. The standard InChI is InChI=1S/C38H45N3O7S/c1-26-8-10-33(11-9-26)49(45,46)41-24-31(18-27-16-29(22-39-12-4-5-13-39)37(43)34(20-27)47-2)36(42)32(25-41)19-28-17-30(23-40-14-6-7-15-40)38(44)35(21-28)48-3/h8-11,16-21,43-44H,4-7,12-15,22-25H2,1-3H3/b31-18+,32-19+. The summed E-state index contributed by atoms with van der Waals surface area (Å²) < 4.78 is 40.4. The number of hydrogen-bond donors (Lipinski definition) is 2. The van der Waals surface area contributed by atoms with Crippen LogP contribution in [0.2, 0.25) is 0 Å². The molecule has 6 rings (SSSR count). The molecule has 0 atom stereocenters. The number of carbonyl (C=O) groups excluding carboxylic acids is 1. The molecule has 0 aliphatic carbocycles. The number of likely N-dealkylation sites (tertiary alicyclic amines) is 2. The molecular formula is C38H45N3O7S. The van der Waals surface area contributed by atoms with E-state index in [1.54, 1.807) is 48.6 Å². The zero-order valence-corrected chi connectivity index (χ0v) is 29.3. The Balaban J connectivity index is 1.42. The van der Waals surface area contributed by atoms with Crippen LogP contribution >= 0.6 is 0 Å². The van der Waals surface area contributed by atoms with Crippen LogP contribution in [0.3, 0.4) is 0 Å². The van der Waals surface area contributed by atoms with Gasteiger partial charge in [0.2, 0.25) is 10.0 Å². The summed E-state index contributed by atoms with van der Waals surface area (Å²) in [4.78, 5) is 18.9. The average molecular weight is 688 g/mol. The second-order valence-electron chi connectivity index (χ2n) is 13.2. The monoisotopic (exact) mass is 687 g/mol. The summed E-state index contributed by atoms with van der Waals surface area (Å²) in [6, 6.07) is 13.7. The van der Waals surface area contributed by atoms with Gasteiger partial charge in [0, 0.05) is 48.5 Å². The smallest absolute Gasteiger partial charge is 0.243 e. The molecule has 0 radical (unpaired) electrons. The van der Waals surface area contributed by atoms with Crippen LogP contribution in [0, 0.1) is 6.92 Å². The van der Waals surface area contributed by atoms with Crippen LogP contribution < -0.4 is 9.47 Å². The summed E-state index contributed by atoms with van der Waals surface area (Å²) in [6.45, 7) is 6.46. The lowest BCUT2D eigenvalue weighted by atomic mass is 9.94. The van der Waals surface area contributed by atoms with Gasteiger partial charge >= 0.3 is 0 Å². The Kier molecular flexibility index (Phi) is 10.4. The predicted octanol–water partition coefficient (Wildman–Crippen LogP) is 5.36. The van der Waals surface area contributed by atoms with Crippen molar-refractivity contribution in [3.63, 3.8) is 0 Å². The van der Waals surface area contributed by atoms with Crippen molar-refractivity contribution < 1.29 is 32.9 Å². The first-order valence-corrected chi connectivity index (χ1v) is 18.3. The van der Waals surface area contributed by atoms with Crippen LogP contribution in [0.15, 0.2) is 64.6 Å². The lowest BCUT2D eigenvalue weighted by Crippen LogP contribution is -2.41. The fourth-order valence-electron chi connectivity index (χ4n) is 6.90. The van der Waals surface area contributed by atoms with Crippen LogP contribution in [-0.2, 0) is 27.9 Å². The van der Waals surface area contributed by atoms with Gasteiger partial charge in [0.05, 0.1) is 19.1 Å². The van der Waals surface area contributed by atoms with E-state index in [0.29, 0.717) is 35.3 Å². The molecule has 0 unspecified atom stereocenters. The molecule has 0 aromatic heterocycles. The maximum atomic E-state index is 14.2. The number of sulfonamides is 1. The Hall–Kier alpha value is -4.16. The zero-order valence-electron chi connectivity index (χ0n) is 28.4. The van der Waals surface area contributed by atoms with Gasteiger partial charge in [-0.1, -0.05) is 17.7 Å². The summed E-state index contributed by atoms with van der Waals surface area (Å²) in [6.07, 6.45) is 7.79. The molecule has 3 aromatic rings. The van der Waals surface area contributed by atoms with E-state index >= 15 is 0 Å². The van der Waals surface area contributed by atoms with Crippen molar-refractivity contribution in [3.8, 4) is 23.0 Å². The number of methoxy groups -OCH3 is 2. The Morgan fingerprint density at radius 3 is 1.55 bits per heavy atom. The molecule has 3 heterocycles. The number of aryl methyl sites for hydroxylation is 1. The largest absolute Gasteiger partial charge is 0.504 e. The third kappa shape index (κ3) is 7.70. The Morgan fingerprint density at radius 1 is 0.714 bits per heavy atom. The average Bonchev–Trinajstić information content (AvgIpc) is 3.80. The van der Waals surface area contributed by atoms with Crippen molar-refractivity contribution in [1.82, 2.24) is 14.1 Å². The fourth-order valence-corrected chi connectivity index (χ4v) is 8.30. The summed E-state index contributed by atoms with van der Waals surface area (Å²) in [5, 5.41) is 21.9. The van der Waals surface area contributed by atoms with Crippen molar-refractivity contribution in [3.05, 3.63) is 87.5 Å². The molecule has 49 heavy (non-hydrogen) atoms. The maximum absolute atomic E-state index is 14.2. The molecule has 11 heteroatoms. The second kappa shape index (κ2) is 14.8. The van der Waals surface area contributed by atoms with Gasteiger partial charge in [0.1, 0.15) is 0 Å². The van der Waals surface area contributed by atoms with Crippen molar-refractivity contribution in [1.29, 1.82) is 0 Å². The van der Waals surface area contributed by atoms with E-state index in [2.05, 4.69) is 9.80 Å². The van der Waals surface area contributed by atoms with E-state index in [0.717, 1.165) is 57.4 Å². The van der Waals surface area contributed by atoms with Crippen molar-refractivity contribution in [2.75, 3.05) is 53.5 Å². The van der Waals surface area contributed by atoms with Crippen LogP contribution in [0.4, 0.5) is 0 Å². The molecule has 0 spiro atoms. The molecular weight excluding hydrogens is 642 g/mol. The highest BCUT2D eigenvalue weighted by atomic mass is 32.2. The van der Waals surface area contributed by atoms with Gasteiger partial charge in [-0.15, -0.1) is 0 Å². The van der Waals surface area contributed by atoms with Crippen molar-refractivity contribution in [2.45, 2.75) is 50.6 Å². The molecule has 10 nitrogen and oxygen atoms in total. The highest BCUT2D eigenvalue weighted by Gasteiger charge is 2.34. The van der Waals surface area contributed by atoms with Crippen LogP contribution in [0.1, 0.15) is 53.5 Å². The van der Waals surface area contributed by atoms with Crippen LogP contribution in [-0.4, -0.2) is 92.0 Å². The molecule has 260 valence electrons. The number of aromatic hydroxyl groups is 2. The van der Waals surface area contributed by atoms with Gasteiger partial charge in [-0.3, -0.25) is 14.6 Å². The number of Topliss-reactive ketones (excluding diaryl/α,β-unsaturated/α-hetero) is 1. The van der Waals surface area contributed by atoms with Gasteiger partial charge < -0.3 is 19.7 Å². The highest BCUT2D eigenvalue weighted by Crippen LogP contribution is 2.37. The lowest BCUT2D eigenvalue weighted by molar-refractivity contribution is -0.113. The highest BCUT2D eigenvalue weighted by molar-refractivity contribution is 7.89. The van der Waals surface area contributed by atoms with E-state index in [9.17, 15) is 23.4 Å². The van der Waals surface area contributed by atoms with E-state index in [1.165, 1.54) is 18.5 Å². The van der Waals surface area contributed by atoms with E-state index in [4.69, 9.17) is 9.47 Å². The molecule has 3 fully saturated rings. The first-order valence-electron chi connectivity index (χ1n) is 16.8. The molecule has 2 N–H and O–H groups in total. The number of hydrogen-bond acceptors (Lipinski definition) is 9. The first-order chi connectivity index (χ1) is 23.5. The molecule has 3 saturated heterocycles. The molecule has 3 aliphatic rings. The summed E-state index contributed by atoms with van der Waals surface area (Å²) in [7, 11) is -1.01. The summed E-state index contributed by atoms with van der Waals surface area (Å²) >= 11 is 0. The minimum atomic E-state index is -3.98. The lowest BCUT2D eigenvalue weighted by Gasteiger charge is -2.29. The Bertz CT molecular complexity index is 1780. The van der Waals surface area contributed by atoms with E-state index in [-0.39, 0.29) is 57.9 Å². The zero-order chi connectivity index (χ0) is 34.7. The molecule has 3 aromatic carbocycles. The summed E-state index contributed by atoms with van der Waals surface area (Å²) in [5.74, 6) is 0.404. The topological polar surface area (TPSA) is 120 Å². The normalized spacial score (nSPS) is 19.7. The van der Waals surface area contributed by atoms with Crippen LogP contribution in [0.25, 0.3) is 12.2 Å². The minimum Gasteiger partial charge on any atom is -0.504 e. The number of phenolic OH excluding ortho intramolecular Hbond substituents is 2. The Morgan fingerprint density at radius 2 is 1.14 bits per heavy atom. The van der Waals surface area contributed by atoms with Gasteiger partial charge in [0.25, 0.3) is 0 Å². The number of nitrogens with zero attached hydrogens (tertiary/aromatic N) is 3. The van der Waals surface area contributed by atoms with Crippen LogP contribution in [0.5, 0.6) is 23.0 Å². The van der Waals surface area contributed by atoms with Crippen molar-refractivity contribution in [2.24, 2.45) is 0 Å². The summed E-state index contributed by atoms with van der Waals surface area (Å²) in [5.41, 5.74) is 4.12. The second-order valence-corrected chi connectivity index (χ2v) is 15.1. The predicted molar refractivity (Wildman–Crippen MR) is 189 cm³/mol. The number of ketones is 1. The quantitative estimate of drug-likeness (QED) is 0.272. The SMILES string of the molecule is COc1cc(/C=C2\CN(S(=O)(=O)c3ccc(C)cc3)C/C(=C\c3cc(CN4CCCC4)c(O)c(OC)c3)C2=O)cc(CN2CCCC2)c1O. The number of rotatable bonds is 10. The van der Waals surface area contributed by atoms with Gasteiger partial charge in [0.15, 0.2) is 28.8 Å². The maximum Gasteiger partial charge on any atom is 0.243 e. The number of piperidine rings is 1. The fraction of sp³-hybridized carbons (Fsp3) is 0.395. The third-order valence-electron chi connectivity index (χ3n) is 9.59. The number of ether oxygens (including phenoxy) is 2. The third-order valence-corrected chi connectivity index (χ3v) is 11.4. The van der Waals surface area contributed by atoms with Crippen molar-refractivity contribution >= 4 is 28.0 Å². The molecule has 3 aliphatic heterocycles. The minimum absolute atomic E-state index is 0.0571. The van der Waals surface area contributed by atoms with Gasteiger partial charge in [-0.25, -0.2) is 8.42 Å². The number of phenols is 2.